The van der Waals surface area contributed by atoms with Crippen molar-refractivity contribution in [2.75, 3.05) is 0 Å². The first-order valence-electron chi connectivity index (χ1n) is 9.02. The van der Waals surface area contributed by atoms with Crippen molar-refractivity contribution in [2.45, 2.75) is 43.4 Å². The van der Waals surface area contributed by atoms with Gasteiger partial charge in [0.15, 0.2) is 0 Å². The van der Waals surface area contributed by atoms with E-state index in [-0.39, 0.29) is 17.4 Å². The molecule has 4 unspecified atom stereocenters. The van der Waals surface area contributed by atoms with Crippen LogP contribution in [0.1, 0.15) is 19.8 Å². The molecule has 0 N–H and O–H groups in total. The second kappa shape index (κ2) is 7.66. The topological polar surface area (TPSA) is 49.2 Å². The van der Waals surface area contributed by atoms with Gasteiger partial charge in [-0.1, -0.05) is 17.7 Å². The standard InChI is InChI=1S/C20H21Cl2N3O2/c1-14-8-9-20(27-14,11-25-13-23-12-24-25)18-7-6-17(10-19(18)22)26-16-4-2-15(21)3-5-16/h2-7,10,12-14,18-19H,8-9,11H2,1H3. The normalized spacial score (nSPS) is 30.3. The van der Waals surface area contributed by atoms with E-state index in [2.05, 4.69) is 23.1 Å². The summed E-state index contributed by atoms with van der Waals surface area (Å²) in [5.74, 6) is 1.46. The first kappa shape index (κ1) is 18.5. The van der Waals surface area contributed by atoms with Gasteiger partial charge in [0.25, 0.3) is 0 Å². The molecule has 2 heterocycles. The quantitative estimate of drug-likeness (QED) is 0.680. The van der Waals surface area contributed by atoms with Gasteiger partial charge in [-0.25, -0.2) is 4.98 Å². The number of hydrogen-bond acceptors (Lipinski definition) is 4. The Morgan fingerprint density at radius 2 is 2.15 bits per heavy atom. The van der Waals surface area contributed by atoms with Crippen LogP contribution in [0.15, 0.2) is 60.9 Å². The predicted molar refractivity (Wildman–Crippen MR) is 105 cm³/mol. The maximum atomic E-state index is 6.77. The predicted octanol–water partition coefficient (Wildman–Crippen LogP) is 4.63. The minimum absolute atomic E-state index is 0.0193. The highest BCUT2D eigenvalue weighted by atomic mass is 35.5. The van der Waals surface area contributed by atoms with Crippen molar-refractivity contribution in [1.82, 2.24) is 14.8 Å². The second-order valence-corrected chi connectivity index (χ2v) is 8.02. The molecule has 1 saturated heterocycles. The number of nitrogens with zero attached hydrogens (tertiary/aromatic N) is 3. The molecule has 0 amide bonds. The monoisotopic (exact) mass is 405 g/mol. The summed E-state index contributed by atoms with van der Waals surface area (Å²) < 4.78 is 14.1. The summed E-state index contributed by atoms with van der Waals surface area (Å²) in [5.41, 5.74) is -0.404. The Hall–Kier alpha value is -1.82. The molecule has 7 heteroatoms. The van der Waals surface area contributed by atoms with E-state index in [1.54, 1.807) is 24.8 Å². The molecule has 2 aromatic rings. The van der Waals surface area contributed by atoms with E-state index < -0.39 is 5.60 Å². The molecule has 1 aliphatic heterocycles. The number of halogens is 2. The van der Waals surface area contributed by atoms with Crippen molar-refractivity contribution in [3.05, 3.63) is 65.9 Å². The summed E-state index contributed by atoms with van der Waals surface area (Å²) in [6, 6.07) is 7.26. The third kappa shape index (κ3) is 4.05. The molecule has 5 nitrogen and oxygen atoms in total. The number of benzene rings is 1. The van der Waals surface area contributed by atoms with Gasteiger partial charge in [-0.2, -0.15) is 5.10 Å². The summed E-state index contributed by atoms with van der Waals surface area (Å²) in [6.45, 7) is 2.72. The van der Waals surface area contributed by atoms with Gasteiger partial charge in [0, 0.05) is 10.9 Å². The molecule has 1 fully saturated rings. The Morgan fingerprint density at radius 3 is 2.78 bits per heavy atom. The molecular formula is C20H21Cl2N3O2. The van der Waals surface area contributed by atoms with Gasteiger partial charge in [-0.3, -0.25) is 4.68 Å². The van der Waals surface area contributed by atoms with Crippen molar-refractivity contribution < 1.29 is 9.47 Å². The number of aromatic nitrogens is 3. The van der Waals surface area contributed by atoms with Crippen LogP contribution in [0.25, 0.3) is 0 Å². The van der Waals surface area contributed by atoms with E-state index in [0.29, 0.717) is 11.6 Å². The van der Waals surface area contributed by atoms with Gasteiger partial charge in [-0.05, 0) is 56.2 Å². The highest BCUT2D eigenvalue weighted by molar-refractivity contribution is 6.30. The summed E-state index contributed by atoms with van der Waals surface area (Å²) >= 11 is 12.7. The Labute approximate surface area is 168 Å². The first-order valence-corrected chi connectivity index (χ1v) is 9.83. The van der Waals surface area contributed by atoms with Crippen molar-refractivity contribution >= 4 is 23.2 Å². The van der Waals surface area contributed by atoms with Crippen LogP contribution in [0, 0.1) is 5.92 Å². The van der Waals surface area contributed by atoms with Crippen LogP contribution in [-0.4, -0.2) is 31.8 Å². The number of alkyl halides is 1. The molecule has 0 spiro atoms. The van der Waals surface area contributed by atoms with Gasteiger partial charge >= 0.3 is 0 Å². The first-order chi connectivity index (χ1) is 13.0. The van der Waals surface area contributed by atoms with Crippen molar-refractivity contribution in [3.63, 3.8) is 0 Å². The van der Waals surface area contributed by atoms with E-state index in [1.807, 2.05) is 29.0 Å². The van der Waals surface area contributed by atoms with E-state index in [9.17, 15) is 0 Å². The lowest BCUT2D eigenvalue weighted by molar-refractivity contribution is -0.0740. The Morgan fingerprint density at radius 1 is 1.33 bits per heavy atom. The third-order valence-electron chi connectivity index (χ3n) is 5.10. The van der Waals surface area contributed by atoms with E-state index in [0.717, 1.165) is 24.4 Å². The van der Waals surface area contributed by atoms with Crippen molar-refractivity contribution in [3.8, 4) is 5.75 Å². The Kier molecular flexibility index (Phi) is 5.26. The number of hydrogen-bond donors (Lipinski definition) is 0. The minimum Gasteiger partial charge on any atom is -0.458 e. The maximum Gasteiger partial charge on any atom is 0.137 e. The zero-order valence-corrected chi connectivity index (χ0v) is 16.5. The lowest BCUT2D eigenvalue weighted by Crippen LogP contribution is -2.46. The summed E-state index contributed by atoms with van der Waals surface area (Å²) in [4.78, 5) is 4.05. The molecule has 0 radical (unpaired) electrons. The maximum absolute atomic E-state index is 6.77. The van der Waals surface area contributed by atoms with Crippen molar-refractivity contribution in [2.24, 2.45) is 5.92 Å². The SMILES string of the molecule is CC1CCC(Cn2cncn2)(C2C=CC(Oc3ccc(Cl)cc3)=CC2Cl)O1. The van der Waals surface area contributed by atoms with Gasteiger partial charge < -0.3 is 9.47 Å². The minimum atomic E-state index is -0.404. The number of rotatable bonds is 5. The zero-order chi connectivity index (χ0) is 18.9. The number of ether oxygens (including phenoxy) is 2. The van der Waals surface area contributed by atoms with Crippen LogP contribution in [0.3, 0.4) is 0 Å². The van der Waals surface area contributed by atoms with Gasteiger partial charge in [0.1, 0.15) is 24.2 Å². The van der Waals surface area contributed by atoms with Crippen LogP contribution in [0.4, 0.5) is 0 Å². The van der Waals surface area contributed by atoms with Gasteiger partial charge in [0.2, 0.25) is 0 Å². The fraction of sp³-hybridized carbons (Fsp3) is 0.400. The molecule has 0 bridgehead atoms. The Balaban J connectivity index is 1.52. The molecule has 2 aliphatic rings. The third-order valence-corrected chi connectivity index (χ3v) is 5.75. The highest BCUT2D eigenvalue weighted by Gasteiger charge is 2.48. The summed E-state index contributed by atoms with van der Waals surface area (Å²) in [7, 11) is 0. The second-order valence-electron chi connectivity index (χ2n) is 7.08. The average Bonchev–Trinajstić information content (AvgIpc) is 3.28. The molecule has 1 aliphatic carbocycles. The zero-order valence-electron chi connectivity index (χ0n) is 15.0. The molecular weight excluding hydrogens is 385 g/mol. The Bertz CT molecular complexity index is 835. The van der Waals surface area contributed by atoms with Crippen molar-refractivity contribution in [1.29, 1.82) is 0 Å². The lowest BCUT2D eigenvalue weighted by Gasteiger charge is -2.38. The smallest absolute Gasteiger partial charge is 0.137 e. The average molecular weight is 406 g/mol. The van der Waals surface area contributed by atoms with Crippen LogP contribution in [-0.2, 0) is 11.3 Å². The van der Waals surface area contributed by atoms with Crippen LogP contribution >= 0.6 is 23.2 Å². The number of allylic oxidation sites excluding steroid dienone is 2. The molecule has 1 aromatic heterocycles. The van der Waals surface area contributed by atoms with Crippen LogP contribution in [0.5, 0.6) is 5.75 Å². The molecule has 142 valence electrons. The largest absolute Gasteiger partial charge is 0.458 e. The molecule has 27 heavy (non-hydrogen) atoms. The molecule has 0 saturated carbocycles. The lowest BCUT2D eigenvalue weighted by atomic mass is 9.80. The van der Waals surface area contributed by atoms with Crippen LogP contribution < -0.4 is 4.74 Å². The van der Waals surface area contributed by atoms with Gasteiger partial charge in [-0.15, -0.1) is 11.6 Å². The highest BCUT2D eigenvalue weighted by Crippen LogP contribution is 2.43. The fourth-order valence-corrected chi connectivity index (χ4v) is 4.38. The van der Waals surface area contributed by atoms with E-state index in [4.69, 9.17) is 32.7 Å². The van der Waals surface area contributed by atoms with Gasteiger partial charge in [0.05, 0.1) is 23.6 Å². The molecule has 4 atom stereocenters. The fourth-order valence-electron chi connectivity index (χ4n) is 3.81. The summed E-state index contributed by atoms with van der Waals surface area (Å²) in [5, 5.41) is 4.69. The molecule has 4 rings (SSSR count). The van der Waals surface area contributed by atoms with Crippen LogP contribution in [0.2, 0.25) is 5.02 Å². The summed E-state index contributed by atoms with van der Waals surface area (Å²) in [6.07, 6.45) is 11.4. The van der Waals surface area contributed by atoms with E-state index in [1.165, 1.54) is 0 Å². The van der Waals surface area contributed by atoms with E-state index >= 15 is 0 Å². The molecule has 1 aromatic carbocycles.